The Kier molecular flexibility index (Phi) is 4.61. The minimum Gasteiger partial charge on any atom is -0.444 e. The molecule has 0 radical (unpaired) electrons. The lowest BCUT2D eigenvalue weighted by atomic mass is 9.99. The van der Waals surface area contributed by atoms with Crippen LogP contribution in [0.1, 0.15) is 27.2 Å². The summed E-state index contributed by atoms with van der Waals surface area (Å²) in [6.45, 7) is 5.56. The van der Waals surface area contributed by atoms with Crippen molar-refractivity contribution in [2.45, 2.75) is 38.8 Å². The molecule has 106 valence electrons. The van der Waals surface area contributed by atoms with Crippen LogP contribution in [0.4, 0.5) is 4.79 Å². The lowest BCUT2D eigenvalue weighted by Gasteiger charge is -2.31. The molecule has 7 heteroatoms. The fraction of sp³-hybridized carbons (Fsp3) is 0.909. The van der Waals surface area contributed by atoms with Crippen LogP contribution in [0.2, 0.25) is 0 Å². The molecule has 1 rings (SSSR count). The van der Waals surface area contributed by atoms with Gasteiger partial charge in [0.1, 0.15) is 5.60 Å². The minimum absolute atomic E-state index is 0.0317. The molecule has 0 unspecified atom stereocenters. The summed E-state index contributed by atoms with van der Waals surface area (Å²) in [6.07, 6.45) is -0.131. The smallest absolute Gasteiger partial charge is 0.407 e. The van der Waals surface area contributed by atoms with Crippen LogP contribution in [0.5, 0.6) is 0 Å². The standard InChI is InChI=1S/C11H22N2O4S/c1-11(2,3)17-10(14)13-9-4-5-18(15,16)7-8(9)6-12/h8-9H,4-7,12H2,1-3H3,(H,13,14)/t8-,9-/m1/s1. The molecule has 0 bridgehead atoms. The maximum Gasteiger partial charge on any atom is 0.407 e. The van der Waals surface area contributed by atoms with E-state index in [2.05, 4.69) is 5.32 Å². The van der Waals surface area contributed by atoms with Crippen molar-refractivity contribution in [3.63, 3.8) is 0 Å². The molecule has 0 aliphatic carbocycles. The van der Waals surface area contributed by atoms with Crippen LogP contribution in [0.15, 0.2) is 0 Å². The SMILES string of the molecule is CC(C)(C)OC(=O)N[C@@H]1CCS(=O)(=O)C[C@H]1CN. The number of carbonyl (C=O) groups is 1. The number of hydrogen-bond donors (Lipinski definition) is 2. The molecule has 0 saturated carbocycles. The van der Waals surface area contributed by atoms with Crippen molar-refractivity contribution in [1.29, 1.82) is 0 Å². The third-order valence-electron chi connectivity index (χ3n) is 2.78. The summed E-state index contributed by atoms with van der Waals surface area (Å²) in [5.41, 5.74) is 4.99. The van der Waals surface area contributed by atoms with Crippen LogP contribution < -0.4 is 11.1 Å². The molecular formula is C11H22N2O4S. The van der Waals surface area contributed by atoms with Crippen molar-refractivity contribution in [2.24, 2.45) is 11.7 Å². The molecule has 0 aromatic carbocycles. The number of rotatable bonds is 2. The molecule has 0 aromatic rings. The molecule has 0 aromatic heterocycles. The number of ether oxygens (including phenoxy) is 1. The Morgan fingerprint density at radius 3 is 2.56 bits per heavy atom. The van der Waals surface area contributed by atoms with E-state index < -0.39 is 21.5 Å². The largest absolute Gasteiger partial charge is 0.444 e. The predicted molar refractivity (Wildman–Crippen MR) is 69.0 cm³/mol. The van der Waals surface area contributed by atoms with Crippen LogP contribution in [-0.4, -0.2) is 44.2 Å². The van der Waals surface area contributed by atoms with Crippen molar-refractivity contribution in [3.05, 3.63) is 0 Å². The number of carbonyl (C=O) groups excluding carboxylic acids is 1. The molecule has 3 N–H and O–H groups in total. The third kappa shape index (κ3) is 4.81. The number of nitrogens with two attached hydrogens (primary N) is 1. The summed E-state index contributed by atoms with van der Waals surface area (Å²) in [5.74, 6) is -0.121. The first-order chi connectivity index (χ1) is 8.13. The first kappa shape index (κ1) is 15.2. The van der Waals surface area contributed by atoms with Crippen molar-refractivity contribution in [3.8, 4) is 0 Å². The van der Waals surface area contributed by atoms with Crippen LogP contribution >= 0.6 is 0 Å². The lowest BCUT2D eigenvalue weighted by molar-refractivity contribution is 0.0486. The van der Waals surface area contributed by atoms with Crippen molar-refractivity contribution in [2.75, 3.05) is 18.1 Å². The van der Waals surface area contributed by atoms with Gasteiger partial charge in [-0.15, -0.1) is 0 Å². The van der Waals surface area contributed by atoms with Gasteiger partial charge in [0.05, 0.1) is 11.5 Å². The summed E-state index contributed by atoms with van der Waals surface area (Å²) in [6, 6.07) is -0.228. The first-order valence-corrected chi connectivity index (χ1v) is 7.85. The van der Waals surface area contributed by atoms with E-state index >= 15 is 0 Å². The number of nitrogens with one attached hydrogen (secondary N) is 1. The van der Waals surface area contributed by atoms with Crippen LogP contribution in [0, 0.1) is 5.92 Å². The van der Waals surface area contributed by atoms with E-state index in [1.54, 1.807) is 20.8 Å². The Hall–Kier alpha value is -0.820. The molecular weight excluding hydrogens is 256 g/mol. The zero-order valence-corrected chi connectivity index (χ0v) is 11.9. The number of sulfone groups is 1. The zero-order chi connectivity index (χ0) is 14.0. The van der Waals surface area contributed by atoms with E-state index in [0.29, 0.717) is 6.42 Å². The molecule has 0 spiro atoms. The Labute approximate surface area is 108 Å². The second kappa shape index (κ2) is 5.44. The second-order valence-corrected chi connectivity index (χ2v) is 7.88. The summed E-state index contributed by atoms with van der Waals surface area (Å²) in [7, 11) is -3.02. The summed E-state index contributed by atoms with van der Waals surface area (Å²) >= 11 is 0. The summed E-state index contributed by atoms with van der Waals surface area (Å²) in [4.78, 5) is 11.6. The normalized spacial score (nSPS) is 27.6. The topological polar surface area (TPSA) is 98.5 Å². The van der Waals surface area contributed by atoms with E-state index in [4.69, 9.17) is 10.5 Å². The average molecular weight is 278 g/mol. The minimum atomic E-state index is -3.02. The number of hydrogen-bond acceptors (Lipinski definition) is 5. The summed E-state index contributed by atoms with van der Waals surface area (Å²) < 4.78 is 28.1. The Bertz CT molecular complexity index is 400. The highest BCUT2D eigenvalue weighted by molar-refractivity contribution is 7.91. The Morgan fingerprint density at radius 1 is 1.44 bits per heavy atom. The van der Waals surface area contributed by atoms with Gasteiger partial charge < -0.3 is 15.8 Å². The zero-order valence-electron chi connectivity index (χ0n) is 11.1. The maximum absolute atomic E-state index is 11.6. The van der Waals surface area contributed by atoms with E-state index in [0.717, 1.165) is 0 Å². The fourth-order valence-corrected chi connectivity index (χ4v) is 3.75. The molecule has 1 saturated heterocycles. The summed E-state index contributed by atoms with van der Waals surface area (Å²) in [5, 5.41) is 2.71. The van der Waals surface area contributed by atoms with Crippen LogP contribution in [-0.2, 0) is 14.6 Å². The van der Waals surface area contributed by atoms with Gasteiger partial charge in [-0.2, -0.15) is 0 Å². The molecule has 1 aliphatic heterocycles. The van der Waals surface area contributed by atoms with Gasteiger partial charge in [0, 0.05) is 12.0 Å². The molecule has 2 atom stereocenters. The van der Waals surface area contributed by atoms with Crippen molar-refractivity contribution >= 4 is 15.9 Å². The van der Waals surface area contributed by atoms with Gasteiger partial charge in [-0.1, -0.05) is 0 Å². The highest BCUT2D eigenvalue weighted by atomic mass is 32.2. The van der Waals surface area contributed by atoms with Gasteiger partial charge in [0.25, 0.3) is 0 Å². The van der Waals surface area contributed by atoms with Gasteiger partial charge in [0.2, 0.25) is 0 Å². The van der Waals surface area contributed by atoms with Crippen molar-refractivity contribution < 1.29 is 17.9 Å². The quantitative estimate of drug-likeness (QED) is 0.755. The molecule has 1 amide bonds. The number of amides is 1. The van der Waals surface area contributed by atoms with Gasteiger partial charge in [-0.25, -0.2) is 13.2 Å². The fourth-order valence-electron chi connectivity index (χ4n) is 1.95. The van der Waals surface area contributed by atoms with Crippen LogP contribution in [0.25, 0.3) is 0 Å². The van der Waals surface area contributed by atoms with Crippen molar-refractivity contribution in [1.82, 2.24) is 5.32 Å². The van der Waals surface area contributed by atoms with E-state index in [9.17, 15) is 13.2 Å². The van der Waals surface area contributed by atoms with Gasteiger partial charge >= 0.3 is 6.09 Å². The molecule has 1 heterocycles. The Morgan fingerprint density at radius 2 is 2.06 bits per heavy atom. The molecule has 1 aliphatic rings. The van der Waals surface area contributed by atoms with E-state index in [1.165, 1.54) is 0 Å². The first-order valence-electron chi connectivity index (χ1n) is 6.03. The monoisotopic (exact) mass is 278 g/mol. The van der Waals surface area contributed by atoms with Gasteiger partial charge in [-0.3, -0.25) is 0 Å². The number of alkyl carbamates (subject to hydrolysis) is 1. The average Bonchev–Trinajstić information content (AvgIpc) is 2.17. The van der Waals surface area contributed by atoms with E-state index in [1.807, 2.05) is 0 Å². The highest BCUT2D eigenvalue weighted by Gasteiger charge is 2.34. The second-order valence-electron chi connectivity index (χ2n) is 5.65. The van der Waals surface area contributed by atoms with E-state index in [-0.39, 0.29) is 30.0 Å². The Balaban J connectivity index is 2.59. The van der Waals surface area contributed by atoms with Gasteiger partial charge in [0.15, 0.2) is 9.84 Å². The molecule has 6 nitrogen and oxygen atoms in total. The molecule has 18 heavy (non-hydrogen) atoms. The lowest BCUT2D eigenvalue weighted by Crippen LogP contribution is -2.51. The highest BCUT2D eigenvalue weighted by Crippen LogP contribution is 2.19. The van der Waals surface area contributed by atoms with Gasteiger partial charge in [-0.05, 0) is 33.7 Å². The third-order valence-corrected chi connectivity index (χ3v) is 4.58. The maximum atomic E-state index is 11.6. The predicted octanol–water partition coefficient (Wildman–Crippen LogP) is 0.273. The van der Waals surface area contributed by atoms with Crippen LogP contribution in [0.3, 0.4) is 0 Å². The molecule has 1 fully saturated rings.